The van der Waals surface area contributed by atoms with Crippen molar-refractivity contribution < 1.29 is 0 Å². The second-order valence-electron chi connectivity index (χ2n) is 7.52. The zero-order valence-corrected chi connectivity index (χ0v) is 16.3. The zero-order chi connectivity index (χ0) is 19.5. The minimum absolute atomic E-state index is 0.0721. The molecule has 0 N–H and O–H groups in total. The molecule has 0 amide bonds. The van der Waals surface area contributed by atoms with Gasteiger partial charge < -0.3 is 0 Å². The standard InChI is InChI=1S/C29H22/c1-5-13-23(14-6-1)28(24-15-7-2-8-16-24)21-27-22-29(27,25-17-9-3-10-18-25)26-19-11-4-12-20-26/h1-20H,22H2. The quantitative estimate of drug-likeness (QED) is 0.338. The van der Waals surface area contributed by atoms with Gasteiger partial charge in [0.15, 0.2) is 0 Å². The molecule has 0 aliphatic heterocycles. The largest absolute Gasteiger partial charge is 0.111 e. The predicted octanol–water partition coefficient (Wildman–Crippen LogP) is 7.03. The van der Waals surface area contributed by atoms with Gasteiger partial charge in [-0.25, -0.2) is 0 Å². The molecule has 0 atom stereocenters. The van der Waals surface area contributed by atoms with Gasteiger partial charge in [-0.3, -0.25) is 0 Å². The van der Waals surface area contributed by atoms with Crippen molar-refractivity contribution in [2.24, 2.45) is 0 Å². The van der Waals surface area contributed by atoms with Gasteiger partial charge in [0.25, 0.3) is 0 Å². The van der Waals surface area contributed by atoms with E-state index in [1.165, 1.54) is 27.8 Å². The molecule has 1 aliphatic rings. The van der Waals surface area contributed by atoms with Crippen molar-refractivity contribution in [1.29, 1.82) is 0 Å². The summed E-state index contributed by atoms with van der Waals surface area (Å²) < 4.78 is 0. The van der Waals surface area contributed by atoms with Crippen molar-refractivity contribution >= 4 is 5.57 Å². The molecule has 1 fully saturated rings. The van der Waals surface area contributed by atoms with Gasteiger partial charge in [0, 0.05) is 5.57 Å². The molecule has 0 saturated heterocycles. The molecule has 138 valence electrons. The van der Waals surface area contributed by atoms with Gasteiger partial charge in [-0.05, 0) is 34.2 Å². The van der Waals surface area contributed by atoms with Gasteiger partial charge in [0.1, 0.15) is 0 Å². The molecule has 5 rings (SSSR count). The van der Waals surface area contributed by atoms with Crippen LogP contribution in [-0.2, 0) is 5.41 Å². The van der Waals surface area contributed by atoms with Crippen LogP contribution in [0.2, 0.25) is 0 Å². The first kappa shape index (κ1) is 17.5. The van der Waals surface area contributed by atoms with E-state index in [1.807, 2.05) is 0 Å². The third kappa shape index (κ3) is 3.25. The van der Waals surface area contributed by atoms with E-state index < -0.39 is 0 Å². The van der Waals surface area contributed by atoms with Gasteiger partial charge >= 0.3 is 0 Å². The lowest BCUT2D eigenvalue weighted by molar-refractivity contribution is 0.881. The Kier molecular flexibility index (Phi) is 4.48. The lowest BCUT2D eigenvalue weighted by Gasteiger charge is -2.16. The molecule has 0 heteroatoms. The van der Waals surface area contributed by atoms with Crippen molar-refractivity contribution in [2.45, 2.75) is 11.8 Å². The Hall–Kier alpha value is -3.60. The van der Waals surface area contributed by atoms with E-state index in [2.05, 4.69) is 127 Å². The van der Waals surface area contributed by atoms with E-state index in [0.717, 1.165) is 12.0 Å². The zero-order valence-electron chi connectivity index (χ0n) is 16.3. The maximum absolute atomic E-state index is 3.84. The summed E-state index contributed by atoms with van der Waals surface area (Å²) in [5.41, 5.74) is 11.4. The first-order valence-electron chi connectivity index (χ1n) is 10.1. The monoisotopic (exact) mass is 370 g/mol. The van der Waals surface area contributed by atoms with Crippen molar-refractivity contribution in [1.82, 2.24) is 0 Å². The van der Waals surface area contributed by atoms with E-state index in [1.54, 1.807) is 0 Å². The summed E-state index contributed by atoms with van der Waals surface area (Å²) in [7, 11) is 0. The highest BCUT2D eigenvalue weighted by molar-refractivity contribution is 5.81. The van der Waals surface area contributed by atoms with Gasteiger partial charge in [-0.1, -0.05) is 121 Å². The molecule has 0 nitrogen and oxygen atoms in total. The van der Waals surface area contributed by atoms with E-state index in [4.69, 9.17) is 0 Å². The molecule has 0 bridgehead atoms. The normalized spacial score (nSPS) is 14.1. The molecule has 4 aromatic rings. The third-order valence-corrected chi connectivity index (χ3v) is 5.77. The molecule has 1 saturated carbocycles. The smallest absolute Gasteiger partial charge is 0.0530 e. The van der Waals surface area contributed by atoms with Crippen LogP contribution in [0, 0.1) is 0 Å². The Morgan fingerprint density at radius 3 is 1.31 bits per heavy atom. The fourth-order valence-electron chi connectivity index (χ4n) is 4.21. The van der Waals surface area contributed by atoms with Crippen molar-refractivity contribution in [3.05, 3.63) is 155 Å². The number of allylic oxidation sites excluding steroid dienone is 1. The minimum atomic E-state index is -0.0721. The molecular formula is C29H22. The summed E-state index contributed by atoms with van der Waals surface area (Å²) >= 11 is 0. The fourth-order valence-corrected chi connectivity index (χ4v) is 4.21. The SMILES string of the molecule is C(=C(c1ccccc1)c1ccccc1)=C1CC1(c1ccccc1)c1ccccc1. The van der Waals surface area contributed by atoms with Crippen LogP contribution in [-0.4, -0.2) is 0 Å². The second kappa shape index (κ2) is 7.43. The van der Waals surface area contributed by atoms with E-state index in [9.17, 15) is 0 Å². The number of hydrogen-bond acceptors (Lipinski definition) is 0. The lowest BCUT2D eigenvalue weighted by Crippen LogP contribution is -2.08. The molecule has 0 radical (unpaired) electrons. The average molecular weight is 370 g/mol. The van der Waals surface area contributed by atoms with Crippen molar-refractivity contribution in [3.8, 4) is 0 Å². The molecule has 0 spiro atoms. The van der Waals surface area contributed by atoms with Crippen LogP contribution in [0.25, 0.3) is 5.57 Å². The van der Waals surface area contributed by atoms with E-state index in [0.29, 0.717) is 0 Å². The lowest BCUT2D eigenvalue weighted by atomic mass is 9.87. The summed E-state index contributed by atoms with van der Waals surface area (Å²) in [5.74, 6) is 0. The molecule has 29 heavy (non-hydrogen) atoms. The average Bonchev–Trinajstić information content (AvgIpc) is 3.55. The Bertz CT molecular complexity index is 1080. The van der Waals surface area contributed by atoms with Gasteiger partial charge in [0.05, 0.1) is 5.41 Å². The Labute approximate surface area is 172 Å². The molecule has 0 heterocycles. The van der Waals surface area contributed by atoms with Crippen molar-refractivity contribution in [3.63, 3.8) is 0 Å². The highest BCUT2D eigenvalue weighted by Gasteiger charge is 2.51. The fraction of sp³-hybridized carbons (Fsp3) is 0.0690. The predicted molar refractivity (Wildman–Crippen MR) is 121 cm³/mol. The number of hydrogen-bond donors (Lipinski definition) is 0. The third-order valence-electron chi connectivity index (χ3n) is 5.77. The van der Waals surface area contributed by atoms with Crippen molar-refractivity contribution in [2.75, 3.05) is 0 Å². The van der Waals surface area contributed by atoms with Crippen LogP contribution < -0.4 is 0 Å². The molecule has 4 aromatic carbocycles. The first-order valence-corrected chi connectivity index (χ1v) is 10.1. The highest BCUT2D eigenvalue weighted by atomic mass is 14.5. The minimum Gasteiger partial charge on any atom is -0.111 e. The van der Waals surface area contributed by atoms with Gasteiger partial charge in [-0.15, -0.1) is 5.73 Å². The summed E-state index contributed by atoms with van der Waals surface area (Å²) in [6, 6.07) is 42.9. The Morgan fingerprint density at radius 1 is 0.517 bits per heavy atom. The number of benzene rings is 4. The van der Waals surface area contributed by atoms with E-state index in [-0.39, 0.29) is 5.41 Å². The van der Waals surface area contributed by atoms with Crippen LogP contribution in [0.15, 0.2) is 133 Å². The molecule has 0 aromatic heterocycles. The Balaban J connectivity index is 1.75. The topological polar surface area (TPSA) is 0 Å². The molecule has 0 unspecified atom stereocenters. The second-order valence-corrected chi connectivity index (χ2v) is 7.52. The number of rotatable bonds is 4. The Morgan fingerprint density at radius 2 is 0.897 bits per heavy atom. The van der Waals surface area contributed by atoms with Crippen LogP contribution >= 0.6 is 0 Å². The summed E-state index contributed by atoms with van der Waals surface area (Å²) in [6.45, 7) is 0. The van der Waals surface area contributed by atoms with Crippen LogP contribution in [0.1, 0.15) is 28.7 Å². The molecule has 1 aliphatic carbocycles. The van der Waals surface area contributed by atoms with E-state index >= 15 is 0 Å². The first-order chi connectivity index (χ1) is 14.4. The summed E-state index contributed by atoms with van der Waals surface area (Å²) in [6.07, 6.45) is 1.00. The van der Waals surface area contributed by atoms with Gasteiger partial charge in [0.2, 0.25) is 0 Å². The van der Waals surface area contributed by atoms with Crippen LogP contribution in [0.3, 0.4) is 0 Å². The van der Waals surface area contributed by atoms with Crippen LogP contribution in [0.4, 0.5) is 0 Å². The summed E-state index contributed by atoms with van der Waals surface area (Å²) in [4.78, 5) is 0. The maximum atomic E-state index is 3.84. The summed E-state index contributed by atoms with van der Waals surface area (Å²) in [5, 5.41) is 0. The highest BCUT2D eigenvalue weighted by Crippen LogP contribution is 2.58. The maximum Gasteiger partial charge on any atom is 0.0530 e. The van der Waals surface area contributed by atoms with Crippen LogP contribution in [0.5, 0.6) is 0 Å². The van der Waals surface area contributed by atoms with Gasteiger partial charge in [-0.2, -0.15) is 0 Å². The molecular weight excluding hydrogens is 348 g/mol.